The van der Waals surface area contributed by atoms with Crippen molar-refractivity contribution in [2.75, 3.05) is 6.61 Å². The van der Waals surface area contributed by atoms with Gasteiger partial charge in [0.05, 0.1) is 25.2 Å². The zero-order valence-corrected chi connectivity index (χ0v) is 46.7. The summed E-state index contributed by atoms with van der Waals surface area (Å²) in [6.45, 7) is 6.46. The maximum Gasteiger partial charge on any atom is 0.306 e. The number of aliphatic hydroxyl groups is 2. The quantitative estimate of drug-likeness (QED) is 0.0321. The number of unbranched alkanes of at least 4 members (excludes halogenated alkanes) is 33. The van der Waals surface area contributed by atoms with E-state index >= 15 is 0 Å². The molecule has 408 valence electrons. The van der Waals surface area contributed by atoms with E-state index in [-0.39, 0.29) is 24.9 Å². The van der Waals surface area contributed by atoms with Gasteiger partial charge in [-0.15, -0.1) is 0 Å². The van der Waals surface area contributed by atoms with Crippen LogP contribution in [-0.4, -0.2) is 46.9 Å². The number of amides is 1. The standard InChI is InChI=1S/C64H117NO5/c1-4-7-10-13-16-19-22-25-28-30-31-33-36-39-42-45-48-51-54-57-64(69)70-60(55-52-49-46-43-40-37-35-32-29-26-23-20-17-14-11-8-5-2)58-63(68)65-61(59-66)62(67)56-53-50-47-44-41-38-34-27-24-21-18-15-12-9-6-3/h16-17,19-20,25-26,28-29,31,33,60-62,66-67H,4-15,18,21-24,27,30,32,34-59H2,1-3H3,(H,65,68)/b19-16-,20-17-,28-25-,29-26-,33-31-. The van der Waals surface area contributed by atoms with Crippen LogP contribution in [0.25, 0.3) is 0 Å². The lowest BCUT2D eigenvalue weighted by Crippen LogP contribution is -2.46. The summed E-state index contributed by atoms with van der Waals surface area (Å²) in [4.78, 5) is 26.4. The van der Waals surface area contributed by atoms with Crippen molar-refractivity contribution in [3.05, 3.63) is 60.8 Å². The number of nitrogens with one attached hydrogen (secondary N) is 1. The van der Waals surface area contributed by atoms with Gasteiger partial charge in [0.25, 0.3) is 0 Å². The van der Waals surface area contributed by atoms with Gasteiger partial charge in [0.2, 0.25) is 5.91 Å². The highest BCUT2D eigenvalue weighted by atomic mass is 16.5. The van der Waals surface area contributed by atoms with Crippen LogP contribution in [0.4, 0.5) is 0 Å². The first kappa shape index (κ1) is 67.6. The largest absolute Gasteiger partial charge is 0.462 e. The maximum absolute atomic E-state index is 13.3. The number of allylic oxidation sites excluding steroid dienone is 10. The zero-order valence-electron chi connectivity index (χ0n) is 46.7. The van der Waals surface area contributed by atoms with Crippen molar-refractivity contribution < 1.29 is 24.5 Å². The van der Waals surface area contributed by atoms with Crippen LogP contribution in [0.3, 0.4) is 0 Å². The molecular weight excluding hydrogens is 863 g/mol. The second-order valence-corrected chi connectivity index (χ2v) is 20.7. The van der Waals surface area contributed by atoms with Gasteiger partial charge in [-0.1, -0.05) is 261 Å². The Morgan fingerprint density at radius 2 is 0.729 bits per heavy atom. The summed E-state index contributed by atoms with van der Waals surface area (Å²) in [5.41, 5.74) is 0. The molecule has 6 heteroatoms. The molecule has 0 aliphatic heterocycles. The zero-order chi connectivity index (χ0) is 50.9. The third-order valence-corrected chi connectivity index (χ3v) is 13.8. The van der Waals surface area contributed by atoms with Crippen molar-refractivity contribution in [2.45, 2.75) is 328 Å². The molecule has 0 aromatic rings. The Kier molecular flexibility index (Phi) is 55.5. The summed E-state index contributed by atoms with van der Waals surface area (Å²) in [5, 5.41) is 23.9. The number of rotatable bonds is 55. The number of ether oxygens (including phenoxy) is 1. The van der Waals surface area contributed by atoms with Crippen LogP contribution in [0, 0.1) is 0 Å². The minimum absolute atomic E-state index is 0.0668. The van der Waals surface area contributed by atoms with Crippen LogP contribution in [-0.2, 0) is 14.3 Å². The van der Waals surface area contributed by atoms with Gasteiger partial charge in [0.15, 0.2) is 0 Å². The van der Waals surface area contributed by atoms with Crippen LogP contribution >= 0.6 is 0 Å². The molecule has 0 spiro atoms. The first-order valence-corrected chi connectivity index (χ1v) is 30.5. The van der Waals surface area contributed by atoms with Crippen molar-refractivity contribution in [1.82, 2.24) is 5.32 Å². The fraction of sp³-hybridized carbons (Fsp3) is 0.812. The molecular formula is C64H117NO5. The number of carbonyl (C=O) groups is 2. The van der Waals surface area contributed by atoms with Gasteiger partial charge in [0, 0.05) is 6.42 Å². The summed E-state index contributed by atoms with van der Waals surface area (Å²) in [6, 6.07) is -0.710. The fourth-order valence-electron chi connectivity index (χ4n) is 9.18. The van der Waals surface area contributed by atoms with Gasteiger partial charge < -0.3 is 20.3 Å². The second kappa shape index (κ2) is 57.5. The predicted molar refractivity (Wildman–Crippen MR) is 305 cm³/mol. The van der Waals surface area contributed by atoms with Crippen molar-refractivity contribution in [3.8, 4) is 0 Å². The van der Waals surface area contributed by atoms with Gasteiger partial charge in [-0.2, -0.15) is 0 Å². The van der Waals surface area contributed by atoms with E-state index in [0.717, 1.165) is 89.9 Å². The molecule has 0 fully saturated rings. The van der Waals surface area contributed by atoms with Crippen LogP contribution in [0.5, 0.6) is 0 Å². The minimum Gasteiger partial charge on any atom is -0.462 e. The van der Waals surface area contributed by atoms with E-state index in [2.05, 4.69) is 86.8 Å². The van der Waals surface area contributed by atoms with Gasteiger partial charge in [-0.3, -0.25) is 9.59 Å². The van der Waals surface area contributed by atoms with Crippen LogP contribution < -0.4 is 5.32 Å². The molecule has 0 saturated carbocycles. The van der Waals surface area contributed by atoms with Crippen molar-refractivity contribution in [1.29, 1.82) is 0 Å². The molecule has 0 aromatic heterocycles. The highest BCUT2D eigenvalue weighted by molar-refractivity contribution is 5.77. The van der Waals surface area contributed by atoms with Crippen molar-refractivity contribution in [2.24, 2.45) is 0 Å². The molecule has 0 bridgehead atoms. The van der Waals surface area contributed by atoms with Crippen LogP contribution in [0.15, 0.2) is 60.8 Å². The monoisotopic (exact) mass is 980 g/mol. The molecule has 3 atom stereocenters. The first-order valence-electron chi connectivity index (χ1n) is 30.5. The Morgan fingerprint density at radius 3 is 1.13 bits per heavy atom. The molecule has 70 heavy (non-hydrogen) atoms. The molecule has 3 unspecified atom stereocenters. The van der Waals surface area contributed by atoms with E-state index in [9.17, 15) is 19.8 Å². The number of hydrogen-bond acceptors (Lipinski definition) is 5. The average Bonchev–Trinajstić information content (AvgIpc) is 3.35. The molecule has 0 aromatic carbocycles. The smallest absolute Gasteiger partial charge is 0.306 e. The molecule has 0 saturated heterocycles. The number of carbonyl (C=O) groups excluding carboxylic acids is 2. The van der Waals surface area contributed by atoms with Crippen molar-refractivity contribution >= 4 is 11.9 Å². The van der Waals surface area contributed by atoms with Gasteiger partial charge >= 0.3 is 5.97 Å². The summed E-state index contributed by atoms with van der Waals surface area (Å²) in [6.07, 6.45) is 72.8. The Balaban J connectivity index is 4.59. The summed E-state index contributed by atoms with van der Waals surface area (Å²) in [7, 11) is 0. The molecule has 0 heterocycles. The van der Waals surface area contributed by atoms with E-state index in [1.807, 2.05) is 0 Å². The number of esters is 1. The number of aliphatic hydroxyl groups excluding tert-OH is 2. The van der Waals surface area contributed by atoms with E-state index in [1.54, 1.807) is 0 Å². The molecule has 1 amide bonds. The topological polar surface area (TPSA) is 95.9 Å². The lowest BCUT2D eigenvalue weighted by Gasteiger charge is -2.24. The number of hydrogen-bond donors (Lipinski definition) is 3. The molecule has 6 nitrogen and oxygen atoms in total. The summed E-state index contributed by atoms with van der Waals surface area (Å²) < 4.78 is 5.97. The Morgan fingerprint density at radius 1 is 0.414 bits per heavy atom. The molecule has 0 aliphatic rings. The second-order valence-electron chi connectivity index (χ2n) is 20.7. The lowest BCUT2D eigenvalue weighted by atomic mass is 10.0. The molecule has 3 N–H and O–H groups in total. The first-order chi connectivity index (χ1) is 34.5. The van der Waals surface area contributed by atoms with E-state index < -0.39 is 18.2 Å². The summed E-state index contributed by atoms with van der Waals surface area (Å²) in [5.74, 6) is -0.486. The molecule has 0 radical (unpaired) electrons. The predicted octanol–water partition coefficient (Wildman–Crippen LogP) is 19.1. The molecule has 0 aliphatic carbocycles. The third kappa shape index (κ3) is 51.9. The van der Waals surface area contributed by atoms with Gasteiger partial charge in [0.1, 0.15) is 6.10 Å². The van der Waals surface area contributed by atoms with E-state index in [1.165, 1.54) is 173 Å². The average molecular weight is 981 g/mol. The van der Waals surface area contributed by atoms with E-state index in [0.29, 0.717) is 19.3 Å². The van der Waals surface area contributed by atoms with Crippen LogP contribution in [0.2, 0.25) is 0 Å². The van der Waals surface area contributed by atoms with E-state index in [4.69, 9.17) is 4.74 Å². The SMILES string of the molecule is CCCCC/C=C\C/C=C\C/C=C\CCCCCCCCC(=O)OC(CCCCCCCCC/C=C\C/C=C\CCCCC)CC(=O)NC(CO)C(O)CCCCCCCCCCCCCCCCC. The highest BCUT2D eigenvalue weighted by Crippen LogP contribution is 2.18. The Labute approximate surface area is 435 Å². The maximum atomic E-state index is 13.3. The van der Waals surface area contributed by atoms with Crippen molar-refractivity contribution in [3.63, 3.8) is 0 Å². The Hall–Kier alpha value is -2.44. The highest BCUT2D eigenvalue weighted by Gasteiger charge is 2.24. The molecule has 0 rings (SSSR count). The Bertz CT molecular complexity index is 1240. The lowest BCUT2D eigenvalue weighted by molar-refractivity contribution is -0.151. The third-order valence-electron chi connectivity index (χ3n) is 13.8. The van der Waals surface area contributed by atoms with Crippen LogP contribution in [0.1, 0.15) is 310 Å². The van der Waals surface area contributed by atoms with Gasteiger partial charge in [-0.25, -0.2) is 0 Å². The normalized spacial score (nSPS) is 13.5. The minimum atomic E-state index is -0.795. The van der Waals surface area contributed by atoms with Gasteiger partial charge in [-0.05, 0) is 96.3 Å². The fourth-order valence-corrected chi connectivity index (χ4v) is 9.18. The summed E-state index contributed by atoms with van der Waals surface area (Å²) >= 11 is 0.